The second-order valence-electron chi connectivity index (χ2n) is 6.59. The van der Waals surface area contributed by atoms with Crippen molar-refractivity contribution in [3.05, 3.63) is 72.7 Å². The van der Waals surface area contributed by atoms with Crippen molar-refractivity contribution in [1.82, 2.24) is 14.5 Å². The average molecular weight is 393 g/mol. The van der Waals surface area contributed by atoms with Crippen LogP contribution in [0.3, 0.4) is 0 Å². The third kappa shape index (κ3) is 3.61. The maximum absolute atomic E-state index is 11.7. The van der Waals surface area contributed by atoms with Crippen LogP contribution in [0.25, 0.3) is 22.3 Å². The summed E-state index contributed by atoms with van der Waals surface area (Å²) in [5.41, 5.74) is 4.48. The zero-order chi connectivity index (χ0) is 19.7. The normalized spacial score (nSPS) is 11.6. The molecule has 4 rings (SSSR count). The van der Waals surface area contributed by atoms with Gasteiger partial charge in [0.05, 0.1) is 23.8 Å². The number of imidazole rings is 1. The average Bonchev–Trinajstić information content (AvgIpc) is 3.09. The Morgan fingerprint density at radius 2 is 1.79 bits per heavy atom. The highest BCUT2D eigenvalue weighted by Gasteiger charge is 2.10. The van der Waals surface area contributed by atoms with Crippen LogP contribution < -0.4 is 4.74 Å². The minimum absolute atomic E-state index is 0.299. The second kappa shape index (κ2) is 7.09. The molecule has 142 valence electrons. The maximum Gasteiger partial charge on any atom is 0.177 e. The van der Waals surface area contributed by atoms with E-state index in [9.17, 15) is 8.42 Å². The van der Waals surface area contributed by atoms with E-state index in [1.807, 2.05) is 34.9 Å². The largest absolute Gasteiger partial charge is 0.497 e. The van der Waals surface area contributed by atoms with Crippen molar-refractivity contribution in [2.45, 2.75) is 11.4 Å². The summed E-state index contributed by atoms with van der Waals surface area (Å²) in [6, 6.07) is 16.7. The fraction of sp³-hybridized carbons (Fsp3) is 0.143. The number of hydrogen-bond donors (Lipinski definition) is 0. The van der Waals surface area contributed by atoms with Crippen LogP contribution in [0.1, 0.15) is 5.56 Å². The Hall–Kier alpha value is -3.19. The van der Waals surface area contributed by atoms with Gasteiger partial charge < -0.3 is 9.30 Å². The van der Waals surface area contributed by atoms with E-state index in [-0.39, 0.29) is 0 Å². The molecule has 0 aliphatic carbocycles. The maximum atomic E-state index is 11.7. The van der Waals surface area contributed by atoms with Crippen molar-refractivity contribution < 1.29 is 13.2 Å². The highest BCUT2D eigenvalue weighted by atomic mass is 32.2. The zero-order valence-electron chi connectivity index (χ0n) is 15.5. The number of sulfone groups is 1. The first-order valence-electron chi connectivity index (χ1n) is 8.68. The molecule has 0 N–H and O–H groups in total. The van der Waals surface area contributed by atoms with Crippen molar-refractivity contribution in [2.24, 2.45) is 0 Å². The van der Waals surface area contributed by atoms with Gasteiger partial charge in [-0.25, -0.2) is 18.4 Å². The van der Waals surface area contributed by atoms with Gasteiger partial charge in [-0.3, -0.25) is 0 Å². The lowest BCUT2D eigenvalue weighted by Crippen LogP contribution is -1.99. The van der Waals surface area contributed by atoms with E-state index in [1.54, 1.807) is 43.9 Å². The minimum atomic E-state index is -3.21. The van der Waals surface area contributed by atoms with Gasteiger partial charge in [0.25, 0.3) is 0 Å². The fourth-order valence-electron chi connectivity index (χ4n) is 3.09. The first-order valence-corrected chi connectivity index (χ1v) is 10.6. The molecule has 0 radical (unpaired) electrons. The molecule has 0 saturated heterocycles. The molecule has 0 aliphatic rings. The van der Waals surface area contributed by atoms with Crippen LogP contribution in [0, 0.1) is 0 Å². The Balaban J connectivity index is 1.69. The molecule has 0 aliphatic heterocycles. The molecule has 0 unspecified atom stereocenters. The highest BCUT2D eigenvalue weighted by molar-refractivity contribution is 7.90. The summed E-state index contributed by atoms with van der Waals surface area (Å²) in [6.45, 7) is 0.645. The highest BCUT2D eigenvalue weighted by Crippen LogP contribution is 2.24. The third-order valence-corrected chi connectivity index (χ3v) is 5.71. The van der Waals surface area contributed by atoms with Crippen LogP contribution in [0.5, 0.6) is 5.75 Å². The van der Waals surface area contributed by atoms with Gasteiger partial charge in [0.15, 0.2) is 15.5 Å². The molecule has 7 heteroatoms. The number of fused-ring (bicyclic) bond motifs is 1. The third-order valence-electron chi connectivity index (χ3n) is 4.58. The molecule has 2 heterocycles. The second-order valence-corrected chi connectivity index (χ2v) is 8.60. The molecule has 0 amide bonds. The number of hydrogen-bond acceptors (Lipinski definition) is 5. The lowest BCUT2D eigenvalue weighted by Gasteiger charge is -2.08. The Kier molecular flexibility index (Phi) is 4.60. The van der Waals surface area contributed by atoms with E-state index in [0.29, 0.717) is 17.1 Å². The van der Waals surface area contributed by atoms with Gasteiger partial charge in [-0.2, -0.15) is 0 Å². The molecular formula is C21H19N3O3S. The van der Waals surface area contributed by atoms with Crippen LogP contribution in [0.4, 0.5) is 0 Å². The van der Waals surface area contributed by atoms with Gasteiger partial charge in [-0.05, 0) is 41.5 Å². The van der Waals surface area contributed by atoms with E-state index in [4.69, 9.17) is 4.74 Å². The van der Waals surface area contributed by atoms with Crippen LogP contribution in [-0.2, 0) is 16.4 Å². The van der Waals surface area contributed by atoms with Crippen molar-refractivity contribution in [1.29, 1.82) is 0 Å². The Morgan fingerprint density at radius 1 is 1.00 bits per heavy atom. The number of ether oxygens (including phenoxy) is 1. The Bertz CT molecular complexity index is 1250. The van der Waals surface area contributed by atoms with E-state index in [1.165, 1.54) is 6.26 Å². The number of nitrogens with zero attached hydrogens (tertiary/aromatic N) is 3. The predicted molar refractivity (Wildman–Crippen MR) is 108 cm³/mol. The number of pyridine rings is 1. The molecule has 2 aromatic carbocycles. The van der Waals surface area contributed by atoms with Crippen LogP contribution in [-0.4, -0.2) is 36.3 Å². The zero-order valence-corrected chi connectivity index (χ0v) is 16.3. The summed E-state index contributed by atoms with van der Waals surface area (Å²) in [5.74, 6) is 0.812. The van der Waals surface area contributed by atoms with Gasteiger partial charge in [0, 0.05) is 24.6 Å². The van der Waals surface area contributed by atoms with Crippen LogP contribution >= 0.6 is 0 Å². The lowest BCUT2D eigenvalue weighted by atomic mass is 10.1. The van der Waals surface area contributed by atoms with Crippen LogP contribution in [0.2, 0.25) is 0 Å². The molecule has 0 fully saturated rings. The molecule has 0 saturated carbocycles. The molecular weight excluding hydrogens is 374 g/mol. The molecule has 28 heavy (non-hydrogen) atoms. The number of rotatable bonds is 5. The summed E-state index contributed by atoms with van der Waals surface area (Å²) in [4.78, 5) is 9.13. The quantitative estimate of drug-likeness (QED) is 0.518. The van der Waals surface area contributed by atoms with Gasteiger partial charge >= 0.3 is 0 Å². The fourth-order valence-corrected chi connectivity index (χ4v) is 3.72. The molecule has 0 bridgehead atoms. The number of aromatic nitrogens is 3. The summed E-state index contributed by atoms with van der Waals surface area (Å²) >= 11 is 0. The predicted octanol–water partition coefficient (Wildman–Crippen LogP) is 3.56. The monoisotopic (exact) mass is 393 g/mol. The molecule has 2 aromatic heterocycles. The topological polar surface area (TPSA) is 74.1 Å². The van der Waals surface area contributed by atoms with Crippen molar-refractivity contribution in [2.75, 3.05) is 13.4 Å². The number of benzene rings is 2. The lowest BCUT2D eigenvalue weighted by molar-refractivity contribution is 0.414. The minimum Gasteiger partial charge on any atom is -0.497 e. The van der Waals surface area contributed by atoms with E-state index >= 15 is 0 Å². The summed E-state index contributed by atoms with van der Waals surface area (Å²) in [6.07, 6.45) is 4.72. The summed E-state index contributed by atoms with van der Waals surface area (Å²) < 4.78 is 30.6. The van der Waals surface area contributed by atoms with E-state index < -0.39 is 9.84 Å². The van der Waals surface area contributed by atoms with E-state index in [0.717, 1.165) is 28.0 Å². The first-order chi connectivity index (χ1) is 13.4. The summed E-state index contributed by atoms with van der Waals surface area (Å²) in [7, 11) is -1.56. The molecule has 6 nitrogen and oxygen atoms in total. The smallest absolute Gasteiger partial charge is 0.177 e. The Labute approximate surface area is 163 Å². The molecule has 0 spiro atoms. The van der Waals surface area contributed by atoms with Crippen LogP contribution in [0.15, 0.2) is 72.0 Å². The van der Waals surface area contributed by atoms with Crippen molar-refractivity contribution in [3.8, 4) is 16.9 Å². The molecule has 0 atom stereocenters. The van der Waals surface area contributed by atoms with Gasteiger partial charge in [-0.15, -0.1) is 0 Å². The molecule has 4 aromatic rings. The van der Waals surface area contributed by atoms with Gasteiger partial charge in [0.1, 0.15) is 5.75 Å². The number of methoxy groups -OCH3 is 1. The Morgan fingerprint density at radius 3 is 2.50 bits per heavy atom. The van der Waals surface area contributed by atoms with Crippen molar-refractivity contribution >= 4 is 21.0 Å². The standard InChI is InChI=1S/C21H19N3O3S/c1-27-18-5-3-4-15(10-18)13-24-14-23-21-20(24)11-17(12-22-21)16-6-8-19(9-7-16)28(2,25)26/h3-12,14H,13H2,1-2H3. The van der Waals surface area contributed by atoms with E-state index in [2.05, 4.69) is 9.97 Å². The first kappa shape index (κ1) is 18.2. The van der Waals surface area contributed by atoms with Gasteiger partial charge in [-0.1, -0.05) is 24.3 Å². The SMILES string of the molecule is COc1cccc(Cn2cnc3ncc(-c4ccc(S(C)(=O)=O)cc4)cc32)c1. The van der Waals surface area contributed by atoms with Crippen molar-refractivity contribution in [3.63, 3.8) is 0 Å². The van der Waals surface area contributed by atoms with Gasteiger partial charge in [0.2, 0.25) is 0 Å². The summed E-state index contributed by atoms with van der Waals surface area (Å²) in [5, 5.41) is 0.